The lowest BCUT2D eigenvalue weighted by atomic mass is 9.67. The molecule has 0 N–H and O–H groups in total. The van der Waals surface area contributed by atoms with Gasteiger partial charge in [0.25, 0.3) is 5.79 Å². The van der Waals surface area contributed by atoms with Gasteiger partial charge in [-0.1, -0.05) is 185 Å². The van der Waals surface area contributed by atoms with E-state index in [2.05, 4.69) is 155 Å². The van der Waals surface area contributed by atoms with E-state index in [1.165, 1.54) is 103 Å². The third kappa shape index (κ3) is 17.3. The summed E-state index contributed by atoms with van der Waals surface area (Å²) in [6.45, 7) is 46.3. The van der Waals surface area contributed by atoms with Crippen LogP contribution in [0.3, 0.4) is 0 Å². The molecule has 15 nitrogen and oxygen atoms in total. The molecule has 9 heterocycles. The quantitative estimate of drug-likeness (QED) is 0.152. The molecule has 0 atom stereocenters. The molecule has 4 aliphatic carbocycles. The first kappa shape index (κ1) is 89.4. The van der Waals surface area contributed by atoms with Crippen molar-refractivity contribution in [3.05, 3.63) is 294 Å². The van der Waals surface area contributed by atoms with Crippen LogP contribution in [0, 0.1) is 10.8 Å². The van der Waals surface area contributed by atoms with Crippen LogP contribution in [0.2, 0.25) is 0 Å². The molecule has 0 aromatic heterocycles. The summed E-state index contributed by atoms with van der Waals surface area (Å²) < 4.78 is 154. The highest BCUT2D eigenvalue weighted by Gasteiger charge is 2.66. The van der Waals surface area contributed by atoms with Crippen molar-refractivity contribution in [2.24, 2.45) is 10.8 Å². The van der Waals surface area contributed by atoms with Crippen LogP contribution in [0.5, 0.6) is 0 Å². The highest BCUT2D eigenvalue weighted by molar-refractivity contribution is 5.82. The van der Waals surface area contributed by atoms with Gasteiger partial charge in [0.15, 0.2) is 5.60 Å². The van der Waals surface area contributed by atoms with Gasteiger partial charge in [-0.15, -0.1) is 8.78 Å². The van der Waals surface area contributed by atoms with Gasteiger partial charge in [-0.25, -0.2) is 0 Å². The zero-order valence-corrected chi connectivity index (χ0v) is 73.3. The van der Waals surface area contributed by atoms with E-state index in [9.17, 15) is 26.3 Å². The second-order valence-corrected chi connectivity index (χ2v) is 33.3. The van der Waals surface area contributed by atoms with Crippen molar-refractivity contribution in [3.63, 3.8) is 0 Å². The number of hydrogen-bond acceptors (Lipinski definition) is 15. The maximum Gasteiger partial charge on any atom is 0.585 e. The number of rotatable bonds is 2. The smallest absolute Gasteiger partial charge is 0.491 e. The van der Waals surface area contributed by atoms with Crippen LogP contribution >= 0.6 is 0 Å². The summed E-state index contributed by atoms with van der Waals surface area (Å²) in [6.07, 6.45) is 1.94. The molecular weight excluding hydrogens is 1530 g/mol. The van der Waals surface area contributed by atoms with Crippen LogP contribution in [-0.4, -0.2) is 42.3 Å². The normalized spacial score (nSPS) is 22.2. The number of benzene rings is 6. The summed E-state index contributed by atoms with van der Waals surface area (Å²) >= 11 is 0. The van der Waals surface area contributed by atoms with Gasteiger partial charge in [-0.3, -0.25) is 0 Å². The van der Waals surface area contributed by atoms with Gasteiger partial charge in [0.2, 0.25) is 12.6 Å². The molecule has 0 bridgehead atoms. The van der Waals surface area contributed by atoms with E-state index in [0.29, 0.717) is 6.79 Å². The Labute approximate surface area is 698 Å². The molecule has 0 unspecified atom stereocenters. The zero-order chi connectivity index (χ0) is 87.0. The second kappa shape index (κ2) is 34.0. The number of alkyl halides is 6. The van der Waals surface area contributed by atoms with E-state index in [1.54, 1.807) is 0 Å². The number of fused-ring (bicyclic) bond motifs is 10. The zero-order valence-electron chi connectivity index (χ0n) is 73.3. The average molecular weight is 1650 g/mol. The molecule has 21 heteroatoms. The standard InChI is InChI=1S/C20H20O.C17H14O2.C17H16O2.C12H20O.C9H14O2.C7H12O2.C6H6F4O.C5H6F2O2.C5H8O2/c1-13-14(2)21-20(19(13,3)4)17-11-7-5-9-15(17)16-10-6-8-12-18(16)20;1-11-12(2)19-17(18-11)15-9-5-3-7-13(15)14-8-4-6-10-16(14)17;1-13-14(2)19-17(18-13,15-9-5-3-6-10-15)16-11-7-4-8-12-16;1-9-10(2)13-12(11(9,3)4)7-5-6-8-12;1-7-8(2)11-9(10-7)5-3-4-6-9;1-5-6(2)9-7(3,4)8-5;1-3-4(2)11-6(9,10)5(3,7)8;1-3-4(2)9-5(6,7)8-3;1-4-5(2)7-3-6-4/h5-12H,1-4H3;3-10H,1-2H3;3-12H,1-2H3;5-8H2,1-4H3;3-6H2,1-2H3;1-4H3;1-2H3;1-2H3;3H2,1-2H3. The van der Waals surface area contributed by atoms with Crippen LogP contribution in [-0.2, 0) is 88.2 Å². The Hall–Kier alpha value is -10.4. The highest BCUT2D eigenvalue weighted by atomic mass is 19.3. The molecule has 19 rings (SSSR count). The van der Waals surface area contributed by atoms with Gasteiger partial charge in [0, 0.05) is 76.5 Å². The van der Waals surface area contributed by atoms with Crippen LogP contribution in [0.4, 0.5) is 26.3 Å². The second-order valence-electron chi connectivity index (χ2n) is 33.3. The van der Waals surface area contributed by atoms with E-state index in [0.717, 1.165) is 112 Å². The molecule has 0 radical (unpaired) electrons. The molecule has 0 amide bonds. The van der Waals surface area contributed by atoms with Gasteiger partial charge >= 0.3 is 29.9 Å². The Bertz CT molecular complexity index is 4770. The maximum atomic E-state index is 12.4. The predicted molar refractivity (Wildman–Crippen MR) is 444 cm³/mol. The van der Waals surface area contributed by atoms with E-state index in [1.807, 2.05) is 156 Å². The van der Waals surface area contributed by atoms with Crippen LogP contribution in [0.1, 0.15) is 251 Å². The summed E-state index contributed by atoms with van der Waals surface area (Å²) in [4.78, 5) is 0. The first-order valence-electron chi connectivity index (χ1n) is 40.7. The summed E-state index contributed by atoms with van der Waals surface area (Å²) in [5.41, 5.74) is 13.8. The average Bonchev–Trinajstić information content (AvgIpc) is 1.51. The Morgan fingerprint density at radius 1 is 0.261 bits per heavy atom. The molecule has 0 saturated heterocycles. The van der Waals surface area contributed by atoms with Gasteiger partial charge in [-0.2, -0.15) is 17.6 Å². The lowest BCUT2D eigenvalue weighted by molar-refractivity contribution is -0.337. The summed E-state index contributed by atoms with van der Waals surface area (Å²) in [7, 11) is 0. The number of allylic oxidation sites excluding steroid dienone is 15. The maximum absolute atomic E-state index is 12.4. The highest BCUT2D eigenvalue weighted by Crippen LogP contribution is 2.65. The SMILES string of the molecule is CC1=C(C)C(C)(C)C2(CCCC2)O1.CC1=C(C)C(C)(C)C2(O1)c1ccccc1-c1ccccc12.CC1=C(C)C(F)(F)C(F)(F)O1.CC1=C(C)OC(C)(C)O1.CC1=C(C)OC(F)(F)O1.CC1=C(C)OC(c2ccccc2)(c2ccccc2)O1.CC1=C(C)OC2(CCCC2)O1.CC1=C(C)OC2(O1)c1ccccc1-c1ccccc12.CC1=C(C)OCO1. The predicted octanol–water partition coefficient (Wildman–Crippen LogP) is 27.5. The molecule has 6 aromatic rings. The number of halogens is 6. The molecule has 2 fully saturated rings. The van der Waals surface area contributed by atoms with Gasteiger partial charge in [-0.05, 0) is 197 Å². The minimum atomic E-state index is -4.37. The Balaban J connectivity index is 0.000000134. The topological polar surface area (TPSA) is 138 Å². The van der Waals surface area contributed by atoms with E-state index in [-0.39, 0.29) is 39.3 Å². The van der Waals surface area contributed by atoms with Crippen molar-refractivity contribution in [3.8, 4) is 22.3 Å². The van der Waals surface area contributed by atoms with E-state index in [4.69, 9.17) is 56.8 Å². The molecule has 119 heavy (non-hydrogen) atoms. The molecule has 4 spiro atoms. The summed E-state index contributed by atoms with van der Waals surface area (Å²) in [5.74, 6) is 4.52. The fourth-order valence-electron chi connectivity index (χ4n) is 16.8. The lowest BCUT2D eigenvalue weighted by Gasteiger charge is -2.40. The van der Waals surface area contributed by atoms with Crippen molar-refractivity contribution in [2.75, 3.05) is 6.79 Å². The van der Waals surface area contributed by atoms with Crippen LogP contribution in [0.15, 0.2) is 261 Å². The Morgan fingerprint density at radius 2 is 0.571 bits per heavy atom. The van der Waals surface area contributed by atoms with Gasteiger partial charge < -0.3 is 71.1 Å². The van der Waals surface area contributed by atoms with Crippen molar-refractivity contribution in [2.45, 2.75) is 270 Å². The van der Waals surface area contributed by atoms with Crippen LogP contribution in [0.25, 0.3) is 22.3 Å². The van der Waals surface area contributed by atoms with E-state index >= 15 is 0 Å². The van der Waals surface area contributed by atoms with Gasteiger partial charge in [0.05, 0.1) is 11.5 Å². The molecule has 13 aliphatic rings. The monoisotopic (exact) mass is 1650 g/mol. The fourth-order valence-corrected chi connectivity index (χ4v) is 16.8. The van der Waals surface area contributed by atoms with Crippen molar-refractivity contribution < 1.29 is 97.4 Å². The Morgan fingerprint density at radius 3 is 0.866 bits per heavy atom. The largest absolute Gasteiger partial charge is 0.585 e. The summed E-state index contributed by atoms with van der Waals surface area (Å²) in [5, 5.41) is 0. The first-order valence-corrected chi connectivity index (χ1v) is 40.7. The molecule has 9 aliphatic heterocycles. The molecular formula is C98H116F6O15. The number of hydrogen-bond donors (Lipinski definition) is 0. The minimum Gasteiger partial charge on any atom is -0.491 e. The molecule has 6 aromatic carbocycles. The van der Waals surface area contributed by atoms with Crippen LogP contribution < -0.4 is 0 Å². The fraction of sp³-hybridized carbons (Fsp3) is 0.449. The Kier molecular flexibility index (Phi) is 25.5. The third-order valence-electron chi connectivity index (χ3n) is 24.8. The molecule has 2 saturated carbocycles. The first-order chi connectivity index (χ1) is 55.8. The van der Waals surface area contributed by atoms with Crippen molar-refractivity contribution in [1.82, 2.24) is 0 Å². The third-order valence-corrected chi connectivity index (χ3v) is 24.8. The van der Waals surface area contributed by atoms with Crippen molar-refractivity contribution in [1.29, 1.82) is 0 Å². The van der Waals surface area contributed by atoms with E-state index < -0.39 is 47.0 Å². The van der Waals surface area contributed by atoms with Gasteiger partial charge in [0.1, 0.15) is 80.5 Å². The minimum absolute atomic E-state index is 0.0558. The lowest BCUT2D eigenvalue weighted by Crippen LogP contribution is -2.40. The van der Waals surface area contributed by atoms with Crippen molar-refractivity contribution >= 4 is 0 Å². The number of ether oxygens (including phenoxy) is 15. The molecule has 640 valence electrons. The summed E-state index contributed by atoms with van der Waals surface area (Å²) in [6, 6.07) is 54.0.